The largest absolute Gasteiger partial charge is 0.323 e. The van der Waals surface area contributed by atoms with E-state index in [4.69, 9.17) is 5.73 Å². The van der Waals surface area contributed by atoms with Crippen LogP contribution in [-0.2, 0) is 0 Å². The van der Waals surface area contributed by atoms with E-state index in [0.717, 1.165) is 25.6 Å². The maximum Gasteiger partial charge on any atom is 0.0424 e. The van der Waals surface area contributed by atoms with Crippen LogP contribution in [0, 0.1) is 19.8 Å². The average Bonchev–Trinajstić information content (AvgIpc) is 2.69. The Morgan fingerprint density at radius 3 is 2.30 bits per heavy atom. The third kappa shape index (κ3) is 3.60. The van der Waals surface area contributed by atoms with E-state index in [2.05, 4.69) is 62.9 Å². The second-order valence-electron chi connectivity index (χ2n) is 6.75. The van der Waals surface area contributed by atoms with Crippen LogP contribution in [-0.4, -0.2) is 49.6 Å². The molecule has 0 saturated carbocycles. The van der Waals surface area contributed by atoms with Crippen LogP contribution in [0.4, 0.5) is 0 Å². The standard InChI is InChI=1S/C17H29N3/c1-12-6-13(2)8-15(7-12)16(18)10-20-9-14(3)17(11-20)19(4)5/h6-8,14,16-17H,9-11,18H2,1-5H3. The van der Waals surface area contributed by atoms with Crippen molar-refractivity contribution in [1.82, 2.24) is 9.80 Å². The molecule has 1 aliphatic heterocycles. The summed E-state index contributed by atoms with van der Waals surface area (Å²) in [5.74, 6) is 0.719. The molecule has 1 saturated heterocycles. The summed E-state index contributed by atoms with van der Waals surface area (Å²) in [5, 5.41) is 0. The van der Waals surface area contributed by atoms with Crippen LogP contribution < -0.4 is 5.73 Å². The lowest BCUT2D eigenvalue weighted by Gasteiger charge is -2.24. The van der Waals surface area contributed by atoms with E-state index in [1.165, 1.54) is 16.7 Å². The smallest absolute Gasteiger partial charge is 0.0424 e. The van der Waals surface area contributed by atoms with Gasteiger partial charge < -0.3 is 10.6 Å². The first-order valence-electron chi connectivity index (χ1n) is 7.59. The minimum atomic E-state index is 0.113. The van der Waals surface area contributed by atoms with E-state index in [1.54, 1.807) is 0 Å². The summed E-state index contributed by atoms with van der Waals surface area (Å²) in [4.78, 5) is 4.85. The van der Waals surface area contributed by atoms with Crippen molar-refractivity contribution < 1.29 is 0 Å². The fraction of sp³-hybridized carbons (Fsp3) is 0.647. The van der Waals surface area contributed by atoms with E-state index in [1.807, 2.05) is 0 Å². The number of hydrogen-bond donors (Lipinski definition) is 1. The molecule has 1 aliphatic rings. The fourth-order valence-corrected chi connectivity index (χ4v) is 3.48. The molecule has 0 spiro atoms. The van der Waals surface area contributed by atoms with Crippen molar-refractivity contribution in [2.75, 3.05) is 33.7 Å². The molecule has 3 unspecified atom stereocenters. The third-order valence-corrected chi connectivity index (χ3v) is 4.44. The second kappa shape index (κ2) is 6.25. The normalized spacial score (nSPS) is 25.4. The average molecular weight is 275 g/mol. The number of benzene rings is 1. The molecule has 0 aliphatic carbocycles. The minimum Gasteiger partial charge on any atom is -0.323 e. The van der Waals surface area contributed by atoms with Gasteiger partial charge in [0.25, 0.3) is 0 Å². The van der Waals surface area contributed by atoms with Crippen molar-refractivity contribution in [3.05, 3.63) is 34.9 Å². The van der Waals surface area contributed by atoms with Gasteiger partial charge in [0, 0.05) is 31.7 Å². The first-order chi connectivity index (χ1) is 9.36. The zero-order valence-corrected chi connectivity index (χ0v) is 13.6. The molecule has 1 aromatic rings. The van der Waals surface area contributed by atoms with Crippen molar-refractivity contribution in [3.63, 3.8) is 0 Å². The van der Waals surface area contributed by atoms with Gasteiger partial charge in [0.15, 0.2) is 0 Å². The molecule has 0 aromatic heterocycles. The van der Waals surface area contributed by atoms with Gasteiger partial charge in [-0.1, -0.05) is 36.2 Å². The van der Waals surface area contributed by atoms with Gasteiger partial charge in [-0.25, -0.2) is 0 Å². The Balaban J connectivity index is 2.00. The van der Waals surface area contributed by atoms with Gasteiger partial charge in [-0.3, -0.25) is 4.90 Å². The number of likely N-dealkylation sites (tertiary alicyclic amines) is 1. The Bertz CT molecular complexity index is 435. The highest BCUT2D eigenvalue weighted by molar-refractivity contribution is 5.30. The van der Waals surface area contributed by atoms with Crippen LogP contribution in [0.5, 0.6) is 0 Å². The van der Waals surface area contributed by atoms with Gasteiger partial charge in [0.05, 0.1) is 0 Å². The number of hydrogen-bond acceptors (Lipinski definition) is 3. The molecule has 0 radical (unpaired) electrons. The molecule has 1 fully saturated rings. The van der Waals surface area contributed by atoms with E-state index < -0.39 is 0 Å². The molecule has 3 atom stereocenters. The van der Waals surface area contributed by atoms with Gasteiger partial charge in [-0.2, -0.15) is 0 Å². The maximum absolute atomic E-state index is 6.42. The van der Waals surface area contributed by atoms with Crippen LogP contribution >= 0.6 is 0 Å². The molecule has 1 heterocycles. The molecule has 0 bridgehead atoms. The van der Waals surface area contributed by atoms with E-state index in [9.17, 15) is 0 Å². The predicted molar refractivity (Wildman–Crippen MR) is 85.9 cm³/mol. The number of likely N-dealkylation sites (N-methyl/N-ethyl adjacent to an activating group) is 1. The monoisotopic (exact) mass is 275 g/mol. The van der Waals surface area contributed by atoms with E-state index in [0.29, 0.717) is 6.04 Å². The van der Waals surface area contributed by atoms with Crippen LogP contribution in [0.2, 0.25) is 0 Å². The number of nitrogens with zero attached hydrogens (tertiary/aromatic N) is 2. The van der Waals surface area contributed by atoms with Crippen molar-refractivity contribution in [3.8, 4) is 0 Å². The summed E-state index contributed by atoms with van der Waals surface area (Å²) in [5.41, 5.74) is 10.3. The molecule has 1 aromatic carbocycles. The summed E-state index contributed by atoms with van der Waals surface area (Å²) in [7, 11) is 4.35. The highest BCUT2D eigenvalue weighted by Crippen LogP contribution is 2.23. The topological polar surface area (TPSA) is 32.5 Å². The summed E-state index contributed by atoms with van der Waals surface area (Å²) >= 11 is 0. The molecule has 0 amide bonds. The zero-order chi connectivity index (χ0) is 14.9. The second-order valence-corrected chi connectivity index (χ2v) is 6.75. The highest BCUT2D eigenvalue weighted by Gasteiger charge is 2.31. The van der Waals surface area contributed by atoms with Crippen LogP contribution in [0.15, 0.2) is 18.2 Å². The maximum atomic E-state index is 6.42. The molecule has 2 rings (SSSR count). The van der Waals surface area contributed by atoms with Crippen molar-refractivity contribution >= 4 is 0 Å². The van der Waals surface area contributed by atoms with Crippen LogP contribution in [0.3, 0.4) is 0 Å². The summed E-state index contributed by atoms with van der Waals surface area (Å²) in [6.07, 6.45) is 0. The number of aryl methyl sites for hydroxylation is 2. The molecule has 20 heavy (non-hydrogen) atoms. The van der Waals surface area contributed by atoms with E-state index in [-0.39, 0.29) is 6.04 Å². The molecule has 112 valence electrons. The van der Waals surface area contributed by atoms with Gasteiger partial charge in [0.2, 0.25) is 0 Å². The minimum absolute atomic E-state index is 0.113. The van der Waals surface area contributed by atoms with Gasteiger partial charge in [-0.15, -0.1) is 0 Å². The molecular formula is C17H29N3. The van der Waals surface area contributed by atoms with Gasteiger partial charge >= 0.3 is 0 Å². The summed E-state index contributed by atoms with van der Waals surface area (Å²) in [6.45, 7) is 9.87. The first kappa shape index (κ1) is 15.5. The van der Waals surface area contributed by atoms with Crippen molar-refractivity contribution in [2.24, 2.45) is 11.7 Å². The Morgan fingerprint density at radius 1 is 1.20 bits per heavy atom. The quantitative estimate of drug-likeness (QED) is 0.914. The Labute approximate surface area is 123 Å². The Morgan fingerprint density at radius 2 is 1.80 bits per heavy atom. The van der Waals surface area contributed by atoms with Gasteiger partial charge in [0.1, 0.15) is 0 Å². The van der Waals surface area contributed by atoms with Crippen LogP contribution in [0.25, 0.3) is 0 Å². The lowest BCUT2D eigenvalue weighted by atomic mass is 10.0. The predicted octanol–water partition coefficient (Wildman–Crippen LogP) is 2.19. The highest BCUT2D eigenvalue weighted by atomic mass is 15.2. The molecular weight excluding hydrogens is 246 g/mol. The molecule has 2 N–H and O–H groups in total. The third-order valence-electron chi connectivity index (χ3n) is 4.44. The first-order valence-corrected chi connectivity index (χ1v) is 7.59. The van der Waals surface area contributed by atoms with Crippen LogP contribution in [0.1, 0.15) is 29.7 Å². The fourth-order valence-electron chi connectivity index (χ4n) is 3.48. The van der Waals surface area contributed by atoms with E-state index >= 15 is 0 Å². The number of rotatable bonds is 4. The van der Waals surface area contributed by atoms with Crippen molar-refractivity contribution in [1.29, 1.82) is 0 Å². The zero-order valence-electron chi connectivity index (χ0n) is 13.6. The molecule has 3 heteroatoms. The summed E-state index contributed by atoms with van der Waals surface area (Å²) in [6, 6.07) is 7.42. The Hall–Kier alpha value is -0.900. The SMILES string of the molecule is Cc1cc(C)cc(C(N)CN2CC(C)C(N(C)C)C2)c1. The van der Waals surface area contributed by atoms with Crippen molar-refractivity contribution in [2.45, 2.75) is 32.9 Å². The lowest BCUT2D eigenvalue weighted by Crippen LogP contribution is -2.36. The Kier molecular flexibility index (Phi) is 4.84. The summed E-state index contributed by atoms with van der Waals surface area (Å²) < 4.78 is 0. The lowest BCUT2D eigenvalue weighted by molar-refractivity contribution is 0.248. The number of nitrogens with two attached hydrogens (primary N) is 1. The molecule has 3 nitrogen and oxygen atoms in total. The van der Waals surface area contributed by atoms with Gasteiger partial charge in [-0.05, 0) is 39.4 Å².